The maximum atomic E-state index is 10.5. The van der Waals surface area contributed by atoms with Gasteiger partial charge in [-0.25, -0.2) is 13.6 Å². The quantitative estimate of drug-likeness (QED) is 0.457. The van der Waals surface area contributed by atoms with Gasteiger partial charge in [-0.15, -0.1) is 0 Å². The Kier molecular flexibility index (Phi) is 1.56. The number of primary sulfonamides is 1. The summed E-state index contributed by atoms with van der Waals surface area (Å²) in [6.45, 7) is 0.584. The molecule has 1 unspecified atom stereocenters. The van der Waals surface area contributed by atoms with Gasteiger partial charge in [0.15, 0.2) is 0 Å². The summed E-state index contributed by atoms with van der Waals surface area (Å²) in [6, 6.07) is 0. The topological polar surface area (TPSA) is 72.2 Å². The van der Waals surface area contributed by atoms with Gasteiger partial charge in [0.2, 0.25) is 10.0 Å². The Morgan fingerprint density at radius 3 is 2.56 bits per heavy atom. The molecule has 0 saturated carbocycles. The van der Waals surface area contributed by atoms with Crippen molar-refractivity contribution in [2.75, 3.05) is 6.54 Å². The van der Waals surface area contributed by atoms with Crippen molar-refractivity contribution in [3.63, 3.8) is 0 Å². The highest BCUT2D eigenvalue weighted by Crippen LogP contribution is 1.98. The van der Waals surface area contributed by atoms with Gasteiger partial charge in [0.1, 0.15) is 5.37 Å². The van der Waals surface area contributed by atoms with E-state index >= 15 is 0 Å². The molecule has 0 spiro atoms. The van der Waals surface area contributed by atoms with Gasteiger partial charge >= 0.3 is 0 Å². The first-order chi connectivity index (χ1) is 4.11. The zero-order valence-corrected chi connectivity index (χ0v) is 5.56. The maximum absolute atomic E-state index is 10.5. The van der Waals surface area contributed by atoms with Crippen molar-refractivity contribution in [3.8, 4) is 0 Å². The lowest BCUT2D eigenvalue weighted by molar-refractivity contribution is 0.582. The molecule has 0 radical (unpaired) electrons. The van der Waals surface area contributed by atoms with Gasteiger partial charge in [-0.1, -0.05) is 12.2 Å². The van der Waals surface area contributed by atoms with Crippen LogP contribution in [0.3, 0.4) is 0 Å². The molecule has 1 aliphatic heterocycles. The van der Waals surface area contributed by atoms with Crippen LogP contribution in [0.2, 0.25) is 0 Å². The Hall–Kier alpha value is -0.390. The van der Waals surface area contributed by atoms with Gasteiger partial charge in [-0.05, 0) is 0 Å². The Morgan fingerprint density at radius 1 is 1.67 bits per heavy atom. The first kappa shape index (κ1) is 6.73. The molecule has 9 heavy (non-hydrogen) atoms. The first-order valence-corrected chi connectivity index (χ1v) is 4.13. The fourth-order valence-corrected chi connectivity index (χ4v) is 1.33. The van der Waals surface area contributed by atoms with E-state index in [1.54, 1.807) is 6.08 Å². The van der Waals surface area contributed by atoms with E-state index in [0.29, 0.717) is 6.54 Å². The van der Waals surface area contributed by atoms with Gasteiger partial charge in [0, 0.05) is 6.54 Å². The lowest BCUT2D eigenvalue weighted by Gasteiger charge is -2.03. The van der Waals surface area contributed by atoms with Crippen LogP contribution in [0.5, 0.6) is 0 Å². The predicted octanol–water partition coefficient (Wildman–Crippen LogP) is -1.24. The summed E-state index contributed by atoms with van der Waals surface area (Å²) >= 11 is 0. The Labute approximate surface area is 53.8 Å². The van der Waals surface area contributed by atoms with Crippen molar-refractivity contribution >= 4 is 10.0 Å². The molecule has 0 amide bonds. The van der Waals surface area contributed by atoms with Crippen molar-refractivity contribution in [3.05, 3.63) is 12.2 Å². The number of sulfonamides is 1. The largest absolute Gasteiger partial charge is 0.293 e. The van der Waals surface area contributed by atoms with Crippen LogP contribution in [-0.4, -0.2) is 20.3 Å². The van der Waals surface area contributed by atoms with E-state index in [1.165, 1.54) is 6.08 Å². The number of nitrogens with one attached hydrogen (secondary N) is 1. The average molecular weight is 148 g/mol. The second-order valence-electron chi connectivity index (χ2n) is 1.85. The van der Waals surface area contributed by atoms with E-state index in [4.69, 9.17) is 5.14 Å². The number of nitrogens with two attached hydrogens (primary N) is 1. The molecule has 1 atom stereocenters. The summed E-state index contributed by atoms with van der Waals surface area (Å²) in [6.07, 6.45) is 3.27. The van der Waals surface area contributed by atoms with Crippen molar-refractivity contribution in [2.45, 2.75) is 5.37 Å². The van der Waals surface area contributed by atoms with E-state index in [2.05, 4.69) is 5.32 Å². The van der Waals surface area contributed by atoms with Crippen LogP contribution in [0, 0.1) is 0 Å². The minimum atomic E-state index is -3.40. The molecule has 52 valence electrons. The molecule has 0 fully saturated rings. The maximum Gasteiger partial charge on any atom is 0.228 e. The fraction of sp³-hybridized carbons (Fsp3) is 0.500. The van der Waals surface area contributed by atoms with Crippen molar-refractivity contribution in [1.82, 2.24) is 5.32 Å². The fourth-order valence-electron chi connectivity index (χ4n) is 0.670. The van der Waals surface area contributed by atoms with E-state index < -0.39 is 15.4 Å². The summed E-state index contributed by atoms with van der Waals surface area (Å²) in [5, 5.41) is 6.80. The van der Waals surface area contributed by atoms with E-state index in [0.717, 1.165) is 0 Å². The van der Waals surface area contributed by atoms with Crippen LogP contribution in [0.25, 0.3) is 0 Å². The van der Waals surface area contributed by atoms with Crippen LogP contribution in [0.1, 0.15) is 0 Å². The minimum Gasteiger partial charge on any atom is -0.293 e. The van der Waals surface area contributed by atoms with Crippen LogP contribution in [0.4, 0.5) is 0 Å². The van der Waals surface area contributed by atoms with Gasteiger partial charge in [0.25, 0.3) is 0 Å². The summed E-state index contributed by atoms with van der Waals surface area (Å²) in [5.41, 5.74) is 0. The lowest BCUT2D eigenvalue weighted by Crippen LogP contribution is -2.36. The molecule has 0 aromatic heterocycles. The summed E-state index contributed by atoms with van der Waals surface area (Å²) in [4.78, 5) is 0. The third-order valence-corrected chi connectivity index (χ3v) is 2.13. The highest BCUT2D eigenvalue weighted by Gasteiger charge is 2.19. The summed E-state index contributed by atoms with van der Waals surface area (Å²) in [7, 11) is -3.40. The second-order valence-corrected chi connectivity index (χ2v) is 3.53. The van der Waals surface area contributed by atoms with Crippen molar-refractivity contribution in [1.29, 1.82) is 0 Å². The zero-order valence-electron chi connectivity index (χ0n) is 4.74. The molecule has 3 N–H and O–H groups in total. The van der Waals surface area contributed by atoms with Crippen LogP contribution in [0.15, 0.2) is 12.2 Å². The lowest BCUT2D eigenvalue weighted by atomic mass is 10.6. The highest BCUT2D eigenvalue weighted by molar-refractivity contribution is 7.89. The SMILES string of the molecule is NS(=O)(=O)C1C=CCN1. The number of hydrogen-bond acceptors (Lipinski definition) is 3. The van der Waals surface area contributed by atoms with Gasteiger partial charge < -0.3 is 0 Å². The molecule has 0 saturated heterocycles. The molecular formula is C4H8N2O2S. The molecule has 5 heteroatoms. The summed E-state index contributed by atoms with van der Waals surface area (Å²) in [5.74, 6) is 0. The molecule has 1 rings (SSSR count). The van der Waals surface area contributed by atoms with Crippen LogP contribution in [-0.2, 0) is 10.0 Å². The van der Waals surface area contributed by atoms with Gasteiger partial charge in [0.05, 0.1) is 0 Å². The molecule has 0 aromatic rings. The molecule has 1 aliphatic rings. The van der Waals surface area contributed by atoms with E-state index in [9.17, 15) is 8.42 Å². The molecule has 4 nitrogen and oxygen atoms in total. The van der Waals surface area contributed by atoms with Crippen LogP contribution >= 0.6 is 0 Å². The minimum absolute atomic E-state index is 0.584. The molecule has 0 bridgehead atoms. The Bertz CT molecular complexity index is 219. The summed E-state index contributed by atoms with van der Waals surface area (Å²) < 4.78 is 21.0. The normalized spacial score (nSPS) is 27.0. The standard InChI is InChI=1S/C4H8N2O2S/c5-9(7,8)4-2-1-3-6-4/h1-2,4,6H,3H2,(H2,5,7,8). The van der Waals surface area contributed by atoms with Gasteiger partial charge in [-0.2, -0.15) is 0 Å². The van der Waals surface area contributed by atoms with Crippen molar-refractivity contribution in [2.24, 2.45) is 5.14 Å². The Balaban J connectivity index is 2.76. The Morgan fingerprint density at radius 2 is 2.33 bits per heavy atom. The average Bonchev–Trinajstić information content (AvgIpc) is 2.08. The molecular weight excluding hydrogens is 140 g/mol. The molecule has 0 aromatic carbocycles. The predicted molar refractivity (Wildman–Crippen MR) is 34.0 cm³/mol. The van der Waals surface area contributed by atoms with Crippen LogP contribution < -0.4 is 10.5 Å². The van der Waals surface area contributed by atoms with E-state index in [1.807, 2.05) is 0 Å². The zero-order chi connectivity index (χ0) is 6.91. The molecule has 0 aliphatic carbocycles. The van der Waals surface area contributed by atoms with E-state index in [-0.39, 0.29) is 0 Å². The number of hydrogen-bond donors (Lipinski definition) is 2. The van der Waals surface area contributed by atoms with Crippen molar-refractivity contribution < 1.29 is 8.42 Å². The first-order valence-electron chi connectivity index (χ1n) is 2.52. The monoisotopic (exact) mass is 148 g/mol. The second kappa shape index (κ2) is 2.09. The molecule has 1 heterocycles. The third-order valence-electron chi connectivity index (χ3n) is 1.10. The smallest absolute Gasteiger partial charge is 0.228 e. The number of rotatable bonds is 1. The highest BCUT2D eigenvalue weighted by atomic mass is 32.2. The third kappa shape index (κ3) is 1.51. The van der Waals surface area contributed by atoms with Gasteiger partial charge in [-0.3, -0.25) is 5.32 Å².